The summed E-state index contributed by atoms with van der Waals surface area (Å²) >= 11 is 0. The van der Waals surface area contributed by atoms with Crippen LogP contribution >= 0.6 is 0 Å². The van der Waals surface area contributed by atoms with Gasteiger partial charge in [-0.15, -0.1) is 0 Å². The fourth-order valence-electron chi connectivity index (χ4n) is 1.16. The van der Waals surface area contributed by atoms with Crippen LogP contribution in [0.15, 0.2) is 22.9 Å². The molecule has 0 saturated carbocycles. The van der Waals surface area contributed by atoms with Crippen molar-refractivity contribution in [3.63, 3.8) is 0 Å². The zero-order valence-corrected chi connectivity index (χ0v) is 8.75. The molecule has 0 saturated heterocycles. The topological polar surface area (TPSA) is 110 Å². The molecule has 0 bridgehead atoms. The fraction of sp³-hybridized carbons (Fsp3) is 0.111. The van der Waals surface area contributed by atoms with Crippen LogP contribution in [-0.2, 0) is 7.05 Å². The van der Waals surface area contributed by atoms with E-state index >= 15 is 0 Å². The van der Waals surface area contributed by atoms with Crippen LogP contribution in [0, 0.1) is 0 Å². The van der Waals surface area contributed by atoms with Gasteiger partial charge < -0.3 is 14.9 Å². The molecular weight excluding hydrogens is 228 g/mol. The van der Waals surface area contributed by atoms with E-state index in [1.54, 1.807) is 13.1 Å². The number of carbonyl (C=O) groups excluding carboxylic acids is 1. The third-order valence-electron chi connectivity index (χ3n) is 2.02. The number of nitrogens with zero attached hydrogens (tertiary/aromatic N) is 3. The summed E-state index contributed by atoms with van der Waals surface area (Å²) in [5.41, 5.74) is -0.108. The van der Waals surface area contributed by atoms with Crippen LogP contribution in [0.5, 0.6) is 0 Å². The standard InChI is InChI=1S/C9H8N4O4/c1-13-7(2-3-10-13)11-8(14)5-4-6(9(15)16)17-12-5/h2-4H,1H3,(H,11,14)(H,15,16). The number of nitrogens with one attached hydrogen (secondary N) is 1. The molecule has 1 amide bonds. The lowest BCUT2D eigenvalue weighted by molar-refractivity contribution is 0.0651. The van der Waals surface area contributed by atoms with Crippen LogP contribution < -0.4 is 5.32 Å². The Hall–Kier alpha value is -2.64. The molecule has 8 nitrogen and oxygen atoms in total. The summed E-state index contributed by atoms with van der Waals surface area (Å²) in [5.74, 6) is -1.77. The van der Waals surface area contributed by atoms with Gasteiger partial charge in [0, 0.05) is 19.2 Å². The Morgan fingerprint density at radius 2 is 2.29 bits per heavy atom. The summed E-state index contributed by atoms with van der Waals surface area (Å²) in [6, 6.07) is 2.64. The van der Waals surface area contributed by atoms with Crippen molar-refractivity contribution >= 4 is 17.7 Å². The van der Waals surface area contributed by atoms with Gasteiger partial charge in [0.15, 0.2) is 5.69 Å². The van der Waals surface area contributed by atoms with Crippen molar-refractivity contribution in [1.29, 1.82) is 0 Å². The maximum absolute atomic E-state index is 11.6. The highest BCUT2D eigenvalue weighted by Gasteiger charge is 2.17. The van der Waals surface area contributed by atoms with Crippen molar-refractivity contribution in [2.45, 2.75) is 0 Å². The van der Waals surface area contributed by atoms with E-state index in [-0.39, 0.29) is 11.5 Å². The van der Waals surface area contributed by atoms with Gasteiger partial charge in [0.25, 0.3) is 5.91 Å². The molecule has 2 heterocycles. The van der Waals surface area contributed by atoms with Crippen molar-refractivity contribution in [1.82, 2.24) is 14.9 Å². The third-order valence-corrected chi connectivity index (χ3v) is 2.02. The summed E-state index contributed by atoms with van der Waals surface area (Å²) in [6.45, 7) is 0. The molecule has 8 heteroatoms. The smallest absolute Gasteiger partial charge is 0.374 e. The summed E-state index contributed by atoms with van der Waals surface area (Å²) in [6.07, 6.45) is 1.51. The molecule has 0 atom stereocenters. The minimum atomic E-state index is -1.28. The number of hydrogen-bond donors (Lipinski definition) is 2. The molecule has 0 aliphatic rings. The molecule has 2 rings (SSSR count). The van der Waals surface area contributed by atoms with Crippen LogP contribution in [0.25, 0.3) is 0 Å². The highest BCUT2D eigenvalue weighted by Crippen LogP contribution is 2.08. The van der Waals surface area contributed by atoms with Gasteiger partial charge in [0.1, 0.15) is 5.82 Å². The monoisotopic (exact) mass is 236 g/mol. The van der Waals surface area contributed by atoms with Gasteiger partial charge in [-0.1, -0.05) is 5.16 Å². The SMILES string of the molecule is Cn1nccc1NC(=O)c1cc(C(=O)O)on1. The number of amides is 1. The van der Waals surface area contributed by atoms with E-state index in [0.717, 1.165) is 6.07 Å². The van der Waals surface area contributed by atoms with Crippen molar-refractivity contribution in [3.05, 3.63) is 29.8 Å². The number of anilines is 1. The first kappa shape index (κ1) is 10.9. The lowest BCUT2D eigenvalue weighted by Crippen LogP contribution is -2.14. The summed E-state index contributed by atoms with van der Waals surface area (Å²) in [7, 11) is 1.65. The zero-order valence-electron chi connectivity index (χ0n) is 8.75. The molecule has 2 aromatic rings. The van der Waals surface area contributed by atoms with Crippen LogP contribution in [0.2, 0.25) is 0 Å². The van der Waals surface area contributed by atoms with Gasteiger partial charge in [-0.25, -0.2) is 4.79 Å². The van der Waals surface area contributed by atoms with E-state index in [1.165, 1.54) is 10.9 Å². The first-order valence-corrected chi connectivity index (χ1v) is 4.57. The Morgan fingerprint density at radius 1 is 1.53 bits per heavy atom. The Bertz CT molecular complexity index is 571. The Balaban J connectivity index is 2.15. The van der Waals surface area contributed by atoms with Gasteiger partial charge in [-0.3, -0.25) is 9.48 Å². The van der Waals surface area contributed by atoms with E-state index in [2.05, 4.69) is 20.1 Å². The van der Waals surface area contributed by atoms with Gasteiger partial charge >= 0.3 is 5.97 Å². The second kappa shape index (κ2) is 4.08. The quantitative estimate of drug-likeness (QED) is 0.795. The minimum absolute atomic E-state index is 0.108. The van der Waals surface area contributed by atoms with E-state index in [4.69, 9.17) is 5.11 Å². The molecule has 17 heavy (non-hydrogen) atoms. The maximum Gasteiger partial charge on any atom is 0.374 e. The average molecular weight is 236 g/mol. The largest absolute Gasteiger partial charge is 0.475 e. The van der Waals surface area contributed by atoms with Gasteiger partial charge in [0.2, 0.25) is 5.76 Å². The van der Waals surface area contributed by atoms with Crippen LogP contribution in [0.1, 0.15) is 21.0 Å². The second-order valence-electron chi connectivity index (χ2n) is 3.18. The zero-order chi connectivity index (χ0) is 12.4. The average Bonchev–Trinajstić information content (AvgIpc) is 2.88. The van der Waals surface area contributed by atoms with E-state index in [1.807, 2.05) is 0 Å². The molecule has 2 N–H and O–H groups in total. The van der Waals surface area contributed by atoms with Gasteiger partial charge in [-0.05, 0) is 0 Å². The minimum Gasteiger partial charge on any atom is -0.475 e. The van der Waals surface area contributed by atoms with E-state index in [0.29, 0.717) is 5.82 Å². The van der Waals surface area contributed by atoms with Gasteiger partial charge in [0.05, 0.1) is 6.20 Å². The molecular formula is C9H8N4O4. The normalized spacial score (nSPS) is 10.2. The lowest BCUT2D eigenvalue weighted by atomic mass is 10.3. The van der Waals surface area contributed by atoms with Crippen molar-refractivity contribution in [2.75, 3.05) is 5.32 Å². The highest BCUT2D eigenvalue weighted by atomic mass is 16.5. The second-order valence-corrected chi connectivity index (χ2v) is 3.18. The van der Waals surface area contributed by atoms with Crippen molar-refractivity contribution < 1.29 is 19.2 Å². The molecule has 0 unspecified atom stereocenters. The number of aromatic carboxylic acids is 1. The highest BCUT2D eigenvalue weighted by molar-refractivity contribution is 6.03. The van der Waals surface area contributed by atoms with Crippen LogP contribution in [0.3, 0.4) is 0 Å². The number of carboxylic acid groups (broad SMARTS) is 1. The number of carboxylic acids is 1. The molecule has 0 aliphatic heterocycles. The van der Waals surface area contributed by atoms with Crippen molar-refractivity contribution in [3.8, 4) is 0 Å². The van der Waals surface area contributed by atoms with Crippen LogP contribution in [0.4, 0.5) is 5.82 Å². The molecule has 0 fully saturated rings. The molecule has 0 radical (unpaired) electrons. The number of rotatable bonds is 3. The summed E-state index contributed by atoms with van der Waals surface area (Å²) < 4.78 is 5.92. The Labute approximate surface area is 94.8 Å². The van der Waals surface area contributed by atoms with E-state index < -0.39 is 11.9 Å². The third kappa shape index (κ3) is 2.14. The predicted molar refractivity (Wildman–Crippen MR) is 54.6 cm³/mol. The molecule has 0 aliphatic carbocycles. The van der Waals surface area contributed by atoms with Crippen LogP contribution in [-0.4, -0.2) is 31.9 Å². The van der Waals surface area contributed by atoms with Crippen molar-refractivity contribution in [2.24, 2.45) is 7.05 Å². The predicted octanol–water partition coefficient (Wildman–Crippen LogP) is 0.359. The van der Waals surface area contributed by atoms with E-state index in [9.17, 15) is 9.59 Å². The molecule has 0 aromatic carbocycles. The number of aromatic nitrogens is 3. The molecule has 0 spiro atoms. The number of hydrogen-bond acceptors (Lipinski definition) is 5. The first-order chi connectivity index (χ1) is 8.08. The molecule has 2 aromatic heterocycles. The number of carbonyl (C=O) groups is 2. The lowest BCUT2D eigenvalue weighted by Gasteiger charge is -2.01. The first-order valence-electron chi connectivity index (χ1n) is 4.57. The maximum atomic E-state index is 11.6. The fourth-order valence-corrected chi connectivity index (χ4v) is 1.16. The summed E-state index contributed by atoms with van der Waals surface area (Å²) in [4.78, 5) is 22.2. The number of aryl methyl sites for hydroxylation is 1. The molecule has 88 valence electrons. The van der Waals surface area contributed by atoms with Gasteiger partial charge in [-0.2, -0.15) is 5.10 Å². The summed E-state index contributed by atoms with van der Waals surface area (Å²) in [5, 5.41) is 18.3. The Morgan fingerprint density at radius 3 is 2.82 bits per heavy atom. The Kier molecular flexibility index (Phi) is 2.61.